The minimum atomic E-state index is 0.0330. The van der Waals surface area contributed by atoms with Gasteiger partial charge in [-0.1, -0.05) is 30.7 Å². The minimum absolute atomic E-state index is 0.0330. The standard InChI is InChI=1S/C16H17ClN2O/c1-4-15-13(8-11(3)18-19-15)16(20)9-12-6-5-10(2)7-14(12)17/h5-8H,4,9H2,1-3H3. The summed E-state index contributed by atoms with van der Waals surface area (Å²) in [6.45, 7) is 5.78. The molecule has 0 aliphatic heterocycles. The summed E-state index contributed by atoms with van der Waals surface area (Å²) in [7, 11) is 0. The van der Waals surface area contributed by atoms with E-state index < -0.39 is 0 Å². The molecule has 0 atom stereocenters. The van der Waals surface area contributed by atoms with Gasteiger partial charge >= 0.3 is 0 Å². The van der Waals surface area contributed by atoms with Gasteiger partial charge in [0.25, 0.3) is 0 Å². The SMILES string of the molecule is CCc1nnc(C)cc1C(=O)Cc1ccc(C)cc1Cl. The molecule has 0 N–H and O–H groups in total. The van der Waals surface area contributed by atoms with Crippen LogP contribution in [0.3, 0.4) is 0 Å². The molecular weight excluding hydrogens is 272 g/mol. The molecule has 3 nitrogen and oxygen atoms in total. The van der Waals surface area contributed by atoms with E-state index in [0.29, 0.717) is 17.0 Å². The molecule has 0 amide bonds. The molecule has 1 aromatic heterocycles. The normalized spacial score (nSPS) is 10.6. The third kappa shape index (κ3) is 3.23. The van der Waals surface area contributed by atoms with Crippen molar-refractivity contribution in [3.8, 4) is 0 Å². The van der Waals surface area contributed by atoms with Crippen LogP contribution in [-0.4, -0.2) is 16.0 Å². The zero-order valence-corrected chi connectivity index (χ0v) is 12.7. The van der Waals surface area contributed by atoms with Crippen molar-refractivity contribution in [3.05, 3.63) is 57.4 Å². The summed E-state index contributed by atoms with van der Waals surface area (Å²) in [5, 5.41) is 8.73. The average Bonchev–Trinajstić information content (AvgIpc) is 2.41. The fraction of sp³-hybridized carbons (Fsp3) is 0.312. The Labute approximate surface area is 124 Å². The molecule has 1 heterocycles. The van der Waals surface area contributed by atoms with Crippen molar-refractivity contribution in [2.45, 2.75) is 33.6 Å². The highest BCUT2D eigenvalue weighted by Gasteiger charge is 2.15. The minimum Gasteiger partial charge on any atom is -0.294 e. The van der Waals surface area contributed by atoms with E-state index >= 15 is 0 Å². The van der Waals surface area contributed by atoms with Crippen LogP contribution < -0.4 is 0 Å². The number of aromatic nitrogens is 2. The lowest BCUT2D eigenvalue weighted by molar-refractivity contribution is 0.0991. The van der Waals surface area contributed by atoms with Crippen LogP contribution in [0.1, 0.15) is 39.8 Å². The highest BCUT2D eigenvalue weighted by atomic mass is 35.5. The predicted octanol–water partition coefficient (Wildman–Crippen LogP) is 3.73. The number of carbonyl (C=O) groups excluding carboxylic acids is 1. The molecule has 0 aliphatic rings. The number of carbonyl (C=O) groups is 1. The van der Waals surface area contributed by atoms with Crippen LogP contribution in [0.15, 0.2) is 24.3 Å². The summed E-state index contributed by atoms with van der Waals surface area (Å²) < 4.78 is 0. The molecule has 0 bridgehead atoms. The first-order valence-corrected chi connectivity index (χ1v) is 7.00. The zero-order valence-electron chi connectivity index (χ0n) is 11.9. The molecule has 4 heteroatoms. The van der Waals surface area contributed by atoms with Crippen molar-refractivity contribution in [1.29, 1.82) is 0 Å². The Balaban J connectivity index is 2.30. The topological polar surface area (TPSA) is 42.9 Å². The van der Waals surface area contributed by atoms with E-state index in [2.05, 4.69) is 10.2 Å². The highest BCUT2D eigenvalue weighted by Crippen LogP contribution is 2.20. The first-order valence-electron chi connectivity index (χ1n) is 6.62. The highest BCUT2D eigenvalue weighted by molar-refractivity contribution is 6.31. The smallest absolute Gasteiger partial charge is 0.169 e. The Morgan fingerprint density at radius 2 is 1.95 bits per heavy atom. The number of hydrogen-bond donors (Lipinski definition) is 0. The summed E-state index contributed by atoms with van der Waals surface area (Å²) in [6, 6.07) is 7.55. The Hall–Kier alpha value is -1.74. The van der Waals surface area contributed by atoms with E-state index in [1.54, 1.807) is 6.07 Å². The van der Waals surface area contributed by atoms with Gasteiger partial charge in [-0.3, -0.25) is 4.79 Å². The van der Waals surface area contributed by atoms with Gasteiger partial charge in [0, 0.05) is 17.0 Å². The maximum atomic E-state index is 12.5. The maximum absolute atomic E-state index is 12.5. The molecule has 20 heavy (non-hydrogen) atoms. The third-order valence-corrected chi connectivity index (χ3v) is 3.54. The van der Waals surface area contributed by atoms with Crippen LogP contribution in [-0.2, 0) is 12.8 Å². The molecule has 0 saturated heterocycles. The summed E-state index contributed by atoms with van der Waals surface area (Å²) in [5.41, 5.74) is 4.07. The lowest BCUT2D eigenvalue weighted by Crippen LogP contribution is -2.10. The van der Waals surface area contributed by atoms with E-state index in [9.17, 15) is 4.79 Å². The fourth-order valence-corrected chi connectivity index (χ4v) is 2.38. The Bertz CT molecular complexity index is 653. The lowest BCUT2D eigenvalue weighted by Gasteiger charge is -2.08. The van der Waals surface area contributed by atoms with Crippen molar-refractivity contribution in [2.24, 2.45) is 0 Å². The van der Waals surface area contributed by atoms with Crippen LogP contribution in [0.2, 0.25) is 5.02 Å². The van der Waals surface area contributed by atoms with Crippen molar-refractivity contribution >= 4 is 17.4 Å². The van der Waals surface area contributed by atoms with Gasteiger partial charge in [0.15, 0.2) is 5.78 Å². The van der Waals surface area contributed by atoms with Crippen LogP contribution in [0, 0.1) is 13.8 Å². The molecule has 0 aliphatic carbocycles. The molecule has 0 unspecified atom stereocenters. The van der Waals surface area contributed by atoms with E-state index in [1.165, 1.54) is 0 Å². The molecule has 104 valence electrons. The number of nitrogens with zero attached hydrogens (tertiary/aromatic N) is 2. The second-order valence-electron chi connectivity index (χ2n) is 4.89. The maximum Gasteiger partial charge on any atom is 0.169 e. The fourth-order valence-electron chi connectivity index (χ4n) is 2.08. The van der Waals surface area contributed by atoms with Gasteiger partial charge in [0.2, 0.25) is 0 Å². The Morgan fingerprint density at radius 1 is 1.20 bits per heavy atom. The summed E-state index contributed by atoms with van der Waals surface area (Å²) in [4.78, 5) is 12.5. The number of halogens is 1. The van der Waals surface area contributed by atoms with Crippen LogP contribution in [0.25, 0.3) is 0 Å². The summed E-state index contributed by atoms with van der Waals surface area (Å²) in [5.74, 6) is 0.0330. The van der Waals surface area contributed by atoms with Gasteiger partial charge in [-0.2, -0.15) is 10.2 Å². The lowest BCUT2D eigenvalue weighted by atomic mass is 10.00. The third-order valence-electron chi connectivity index (χ3n) is 3.19. The van der Waals surface area contributed by atoms with Gasteiger partial charge in [-0.05, 0) is 43.5 Å². The van der Waals surface area contributed by atoms with Crippen molar-refractivity contribution in [1.82, 2.24) is 10.2 Å². The number of hydrogen-bond acceptors (Lipinski definition) is 3. The molecule has 2 rings (SSSR count). The van der Waals surface area contributed by atoms with E-state index in [1.807, 2.05) is 39.0 Å². The van der Waals surface area contributed by atoms with Crippen LogP contribution in [0.4, 0.5) is 0 Å². The number of rotatable bonds is 4. The number of aryl methyl sites for hydroxylation is 3. The van der Waals surface area contributed by atoms with Gasteiger partial charge in [0.1, 0.15) is 0 Å². The molecule has 0 spiro atoms. The largest absolute Gasteiger partial charge is 0.294 e. The second kappa shape index (κ2) is 6.14. The van der Waals surface area contributed by atoms with Crippen LogP contribution in [0.5, 0.6) is 0 Å². The van der Waals surface area contributed by atoms with Gasteiger partial charge in [-0.15, -0.1) is 0 Å². The van der Waals surface area contributed by atoms with Gasteiger partial charge in [-0.25, -0.2) is 0 Å². The Kier molecular flexibility index (Phi) is 4.50. The molecule has 0 saturated carbocycles. The molecular formula is C16H17ClN2O. The number of ketones is 1. The summed E-state index contributed by atoms with van der Waals surface area (Å²) in [6.07, 6.45) is 0.979. The molecule has 1 aromatic carbocycles. The van der Waals surface area contributed by atoms with Gasteiger partial charge < -0.3 is 0 Å². The first kappa shape index (κ1) is 14.7. The predicted molar refractivity (Wildman–Crippen MR) is 80.4 cm³/mol. The zero-order chi connectivity index (χ0) is 14.7. The Morgan fingerprint density at radius 3 is 2.60 bits per heavy atom. The van der Waals surface area contributed by atoms with Crippen molar-refractivity contribution in [3.63, 3.8) is 0 Å². The van der Waals surface area contributed by atoms with Gasteiger partial charge in [0.05, 0.1) is 11.4 Å². The van der Waals surface area contributed by atoms with E-state index in [0.717, 1.165) is 22.5 Å². The van der Waals surface area contributed by atoms with Crippen LogP contribution >= 0.6 is 11.6 Å². The monoisotopic (exact) mass is 288 g/mol. The van der Waals surface area contributed by atoms with Crippen molar-refractivity contribution in [2.75, 3.05) is 0 Å². The average molecular weight is 289 g/mol. The second-order valence-corrected chi connectivity index (χ2v) is 5.30. The quantitative estimate of drug-likeness (QED) is 0.805. The van der Waals surface area contributed by atoms with E-state index in [4.69, 9.17) is 11.6 Å². The summed E-state index contributed by atoms with van der Waals surface area (Å²) >= 11 is 6.19. The number of Topliss-reactive ketones (excluding diaryl/α,β-unsaturated/α-hetero) is 1. The van der Waals surface area contributed by atoms with Crippen molar-refractivity contribution < 1.29 is 4.79 Å². The molecule has 2 aromatic rings. The molecule has 0 fully saturated rings. The molecule has 0 radical (unpaired) electrons. The first-order chi connectivity index (χ1) is 9.51. The number of benzene rings is 1. The van der Waals surface area contributed by atoms with E-state index in [-0.39, 0.29) is 12.2 Å².